The van der Waals surface area contributed by atoms with Crippen LogP contribution in [0.3, 0.4) is 0 Å². The van der Waals surface area contributed by atoms with E-state index in [2.05, 4.69) is 9.97 Å². The molecule has 0 amide bonds. The van der Waals surface area contributed by atoms with Crippen LogP contribution in [0.25, 0.3) is 10.6 Å². The zero-order valence-corrected chi connectivity index (χ0v) is 11.2. The summed E-state index contributed by atoms with van der Waals surface area (Å²) in [5.41, 5.74) is 6.84. The summed E-state index contributed by atoms with van der Waals surface area (Å²) in [6.45, 7) is 0. The number of aromatic nitrogens is 2. The first-order chi connectivity index (χ1) is 8.13. The van der Waals surface area contributed by atoms with Crippen LogP contribution in [0.5, 0.6) is 5.06 Å². The van der Waals surface area contributed by atoms with Crippen LogP contribution in [0.4, 0.5) is 0 Å². The van der Waals surface area contributed by atoms with Crippen LogP contribution in [0.2, 0.25) is 5.02 Å². The summed E-state index contributed by atoms with van der Waals surface area (Å²) in [6.07, 6.45) is 3.21. The highest BCUT2D eigenvalue weighted by Gasteiger charge is 2.16. The lowest BCUT2D eigenvalue weighted by Crippen LogP contribution is -2.10. The second kappa shape index (κ2) is 4.95. The van der Waals surface area contributed by atoms with Gasteiger partial charge in [-0.3, -0.25) is 4.98 Å². The van der Waals surface area contributed by atoms with Crippen LogP contribution >= 0.6 is 35.2 Å². The van der Waals surface area contributed by atoms with E-state index in [4.69, 9.17) is 34.3 Å². The third kappa shape index (κ3) is 2.38. The second-order valence-electron chi connectivity index (χ2n) is 3.08. The number of pyridine rings is 1. The Balaban J connectivity index is 2.54. The molecule has 0 aliphatic carbocycles. The average molecular weight is 286 g/mol. The summed E-state index contributed by atoms with van der Waals surface area (Å²) in [7, 11) is 1.55. The number of nitrogens with zero attached hydrogens (tertiary/aromatic N) is 2. The molecule has 4 nitrogen and oxygen atoms in total. The molecule has 7 heteroatoms. The first-order valence-electron chi connectivity index (χ1n) is 4.58. The van der Waals surface area contributed by atoms with E-state index in [0.29, 0.717) is 20.8 Å². The van der Waals surface area contributed by atoms with Gasteiger partial charge in [0.1, 0.15) is 10.00 Å². The molecule has 2 heterocycles. The third-order valence-electron chi connectivity index (χ3n) is 2.02. The predicted octanol–water partition coefficient (Wildman–Crippen LogP) is 2.50. The van der Waals surface area contributed by atoms with Crippen LogP contribution in [-0.4, -0.2) is 22.1 Å². The van der Waals surface area contributed by atoms with Crippen molar-refractivity contribution in [3.05, 3.63) is 29.2 Å². The third-order valence-corrected chi connectivity index (χ3v) is 3.56. The summed E-state index contributed by atoms with van der Waals surface area (Å²) >= 11 is 12.3. The maximum absolute atomic E-state index is 6.04. The number of thiocarbonyl (C=S) groups is 1. The topological polar surface area (TPSA) is 61.0 Å². The van der Waals surface area contributed by atoms with Crippen molar-refractivity contribution >= 4 is 40.1 Å². The first-order valence-corrected chi connectivity index (χ1v) is 6.18. The molecule has 0 atom stereocenters. The second-order valence-corrected chi connectivity index (χ2v) is 4.89. The largest absolute Gasteiger partial charge is 0.486 e. The highest BCUT2D eigenvalue weighted by molar-refractivity contribution is 7.80. The van der Waals surface area contributed by atoms with Crippen molar-refractivity contribution < 1.29 is 4.74 Å². The molecule has 0 unspecified atom stereocenters. The van der Waals surface area contributed by atoms with E-state index in [1.807, 2.05) is 0 Å². The minimum absolute atomic E-state index is 0.203. The van der Waals surface area contributed by atoms with E-state index in [-0.39, 0.29) is 4.99 Å². The number of nitrogens with two attached hydrogens (primary N) is 1. The molecule has 0 aromatic carbocycles. The highest BCUT2D eigenvalue weighted by atomic mass is 35.5. The average Bonchev–Trinajstić information content (AvgIpc) is 2.73. The van der Waals surface area contributed by atoms with Gasteiger partial charge in [0.25, 0.3) is 0 Å². The van der Waals surface area contributed by atoms with E-state index < -0.39 is 0 Å². The van der Waals surface area contributed by atoms with Gasteiger partial charge in [-0.1, -0.05) is 35.2 Å². The fourth-order valence-corrected chi connectivity index (χ4v) is 2.67. The molecule has 0 aliphatic rings. The number of hydrogen-bond donors (Lipinski definition) is 1. The van der Waals surface area contributed by atoms with E-state index in [0.717, 1.165) is 5.56 Å². The van der Waals surface area contributed by atoms with E-state index >= 15 is 0 Å². The van der Waals surface area contributed by atoms with Crippen LogP contribution < -0.4 is 10.5 Å². The van der Waals surface area contributed by atoms with Crippen molar-refractivity contribution in [2.24, 2.45) is 5.73 Å². The Labute approximate surface area is 112 Å². The van der Waals surface area contributed by atoms with Gasteiger partial charge in [-0.15, -0.1) is 0 Å². The van der Waals surface area contributed by atoms with Crippen LogP contribution in [0.1, 0.15) is 5.69 Å². The number of thiazole rings is 1. The molecule has 0 bridgehead atoms. The summed E-state index contributed by atoms with van der Waals surface area (Å²) in [4.78, 5) is 8.45. The molecule has 0 spiro atoms. The lowest BCUT2D eigenvalue weighted by molar-refractivity contribution is 0.425. The summed E-state index contributed by atoms with van der Waals surface area (Å²) in [5, 5.41) is 1.82. The van der Waals surface area contributed by atoms with Crippen molar-refractivity contribution in [1.82, 2.24) is 9.97 Å². The van der Waals surface area contributed by atoms with Gasteiger partial charge in [0, 0.05) is 18.0 Å². The fraction of sp³-hybridized carbons (Fsp3) is 0.100. The van der Waals surface area contributed by atoms with Gasteiger partial charge in [-0.05, 0) is 6.07 Å². The van der Waals surface area contributed by atoms with Crippen molar-refractivity contribution in [3.63, 3.8) is 0 Å². The van der Waals surface area contributed by atoms with Crippen molar-refractivity contribution in [2.75, 3.05) is 7.11 Å². The number of hydrogen-bond acceptors (Lipinski definition) is 5. The minimum atomic E-state index is 0.203. The SMILES string of the molecule is COc1sc(-c2ccncc2Cl)nc1C(N)=S. The molecule has 88 valence electrons. The molecule has 17 heavy (non-hydrogen) atoms. The van der Waals surface area contributed by atoms with Crippen LogP contribution in [-0.2, 0) is 0 Å². The van der Waals surface area contributed by atoms with E-state index in [1.165, 1.54) is 11.3 Å². The Kier molecular flexibility index (Phi) is 3.56. The van der Waals surface area contributed by atoms with Gasteiger partial charge in [0.15, 0.2) is 5.69 Å². The molecule has 0 radical (unpaired) electrons. The van der Waals surface area contributed by atoms with Crippen LogP contribution in [0, 0.1) is 0 Å². The van der Waals surface area contributed by atoms with Gasteiger partial charge < -0.3 is 10.5 Å². The Morgan fingerprint density at radius 2 is 2.35 bits per heavy atom. The molecular weight excluding hydrogens is 278 g/mol. The minimum Gasteiger partial charge on any atom is -0.486 e. The Hall–Kier alpha value is -1.24. The van der Waals surface area contributed by atoms with Crippen molar-refractivity contribution in [3.8, 4) is 15.6 Å². The number of ether oxygens (including phenoxy) is 1. The van der Waals surface area contributed by atoms with Gasteiger partial charge in [0.2, 0.25) is 5.06 Å². The Bertz CT molecular complexity index is 570. The summed E-state index contributed by atoms with van der Waals surface area (Å²) in [5.74, 6) is 0. The van der Waals surface area contributed by atoms with Gasteiger partial charge in [-0.25, -0.2) is 4.98 Å². The van der Waals surface area contributed by atoms with E-state index in [9.17, 15) is 0 Å². The van der Waals surface area contributed by atoms with Gasteiger partial charge in [-0.2, -0.15) is 0 Å². The first kappa shape index (κ1) is 12.2. The number of rotatable bonds is 3. The monoisotopic (exact) mass is 285 g/mol. The number of halogens is 1. The zero-order chi connectivity index (χ0) is 12.4. The maximum Gasteiger partial charge on any atom is 0.204 e. The standard InChI is InChI=1S/C10H8ClN3OS2/c1-15-10-7(8(12)16)14-9(17-10)5-2-3-13-4-6(5)11/h2-4H,1H3,(H2,12,16). The molecule has 2 aromatic rings. The molecule has 0 saturated heterocycles. The van der Waals surface area contributed by atoms with Gasteiger partial charge in [0.05, 0.1) is 12.1 Å². The molecule has 2 N–H and O–H groups in total. The lowest BCUT2D eigenvalue weighted by Gasteiger charge is -1.97. The smallest absolute Gasteiger partial charge is 0.204 e. The molecular formula is C10H8ClN3OS2. The lowest BCUT2D eigenvalue weighted by atomic mass is 10.3. The summed E-state index contributed by atoms with van der Waals surface area (Å²) in [6, 6.07) is 1.78. The quantitative estimate of drug-likeness (QED) is 0.878. The predicted molar refractivity (Wildman–Crippen MR) is 72.8 cm³/mol. The normalized spacial score (nSPS) is 10.2. The molecule has 2 rings (SSSR count). The van der Waals surface area contributed by atoms with Gasteiger partial charge >= 0.3 is 0 Å². The summed E-state index contributed by atoms with van der Waals surface area (Å²) < 4.78 is 5.18. The Morgan fingerprint density at radius 3 is 2.88 bits per heavy atom. The van der Waals surface area contributed by atoms with Crippen molar-refractivity contribution in [2.45, 2.75) is 0 Å². The maximum atomic E-state index is 6.04. The molecule has 0 aliphatic heterocycles. The Morgan fingerprint density at radius 1 is 1.59 bits per heavy atom. The number of methoxy groups -OCH3 is 1. The van der Waals surface area contributed by atoms with Crippen molar-refractivity contribution in [1.29, 1.82) is 0 Å². The molecule has 0 fully saturated rings. The highest BCUT2D eigenvalue weighted by Crippen LogP contribution is 2.36. The molecule has 2 aromatic heterocycles. The zero-order valence-electron chi connectivity index (χ0n) is 8.81. The van der Waals surface area contributed by atoms with Crippen LogP contribution in [0.15, 0.2) is 18.5 Å². The fourth-order valence-electron chi connectivity index (χ4n) is 1.26. The molecule has 0 saturated carbocycles. The van der Waals surface area contributed by atoms with E-state index in [1.54, 1.807) is 25.6 Å².